The Labute approximate surface area is 152 Å². The number of pyridine rings is 2. The second-order valence-corrected chi connectivity index (χ2v) is 6.26. The van der Waals surface area contributed by atoms with E-state index in [1.54, 1.807) is 0 Å². The topological polar surface area (TPSA) is 63.8 Å². The predicted molar refractivity (Wildman–Crippen MR) is 92.0 cm³/mol. The maximum atomic E-state index is 13.0. The fourth-order valence-corrected chi connectivity index (χ4v) is 3.06. The van der Waals surface area contributed by atoms with Gasteiger partial charge < -0.3 is 5.11 Å². The van der Waals surface area contributed by atoms with Gasteiger partial charge in [-0.3, -0.25) is 9.55 Å². The Kier molecular flexibility index (Phi) is 5.04. The summed E-state index contributed by atoms with van der Waals surface area (Å²) < 4.78 is 40.6. The van der Waals surface area contributed by atoms with Gasteiger partial charge in [-0.05, 0) is 24.1 Å². The zero-order valence-corrected chi connectivity index (χ0v) is 14.6. The van der Waals surface area contributed by atoms with E-state index in [0.29, 0.717) is 17.6 Å². The Bertz CT molecular complexity index is 940. The number of alkyl halides is 3. The third-order valence-electron chi connectivity index (χ3n) is 4.03. The van der Waals surface area contributed by atoms with Gasteiger partial charge >= 0.3 is 6.18 Å². The largest absolute Gasteiger partial charge is 0.480 e. The van der Waals surface area contributed by atoms with E-state index >= 15 is 0 Å². The minimum absolute atomic E-state index is 0.175. The third kappa shape index (κ3) is 3.46. The first-order chi connectivity index (χ1) is 12.3. The van der Waals surface area contributed by atoms with Crippen LogP contribution in [0.3, 0.4) is 0 Å². The van der Waals surface area contributed by atoms with Gasteiger partial charge in [0.2, 0.25) is 0 Å². The number of halogens is 4. The van der Waals surface area contributed by atoms with Crippen LogP contribution in [0.2, 0.25) is 5.02 Å². The lowest BCUT2D eigenvalue weighted by atomic mass is 10.1. The van der Waals surface area contributed by atoms with Crippen molar-refractivity contribution in [3.63, 3.8) is 0 Å². The standard InChI is InChI=1S/C17H16ClF3N4O/c1-2-3-4-7-25-14-13(11(18)9-23-15(14)24-16(25)26)10-5-6-22-12(8-10)17(19,20)21/h5-6,8-9H,2-4,7H2,1H3,(H,23,24,26). The quantitative estimate of drug-likeness (QED) is 0.624. The molecule has 0 saturated heterocycles. The van der Waals surface area contributed by atoms with Crippen molar-refractivity contribution in [2.24, 2.45) is 0 Å². The molecule has 0 aromatic carbocycles. The maximum Gasteiger partial charge on any atom is 0.433 e. The molecule has 3 rings (SSSR count). The maximum absolute atomic E-state index is 13.0. The highest BCUT2D eigenvalue weighted by atomic mass is 35.5. The fourth-order valence-electron chi connectivity index (χ4n) is 2.81. The first kappa shape index (κ1) is 18.4. The molecule has 26 heavy (non-hydrogen) atoms. The number of fused-ring (bicyclic) bond motifs is 1. The Morgan fingerprint density at radius 2 is 2.00 bits per heavy atom. The molecule has 9 heteroatoms. The number of hydrogen-bond acceptors (Lipinski definition) is 4. The van der Waals surface area contributed by atoms with Crippen molar-refractivity contribution in [2.75, 3.05) is 0 Å². The minimum atomic E-state index is -4.57. The van der Waals surface area contributed by atoms with Gasteiger partial charge in [0.15, 0.2) is 5.65 Å². The highest BCUT2D eigenvalue weighted by Crippen LogP contribution is 2.38. The van der Waals surface area contributed by atoms with Gasteiger partial charge in [0.25, 0.3) is 6.01 Å². The van der Waals surface area contributed by atoms with Crippen LogP contribution >= 0.6 is 11.6 Å². The first-order valence-electron chi connectivity index (χ1n) is 8.10. The Hall–Kier alpha value is -2.35. The van der Waals surface area contributed by atoms with Gasteiger partial charge in [0, 0.05) is 24.5 Å². The summed E-state index contributed by atoms with van der Waals surface area (Å²) in [5.41, 5.74) is 0.196. The number of aromatic nitrogens is 4. The van der Waals surface area contributed by atoms with Crippen LogP contribution in [0.5, 0.6) is 6.01 Å². The van der Waals surface area contributed by atoms with Crippen LogP contribution in [0.4, 0.5) is 13.2 Å². The van der Waals surface area contributed by atoms with E-state index in [0.717, 1.165) is 31.5 Å². The summed E-state index contributed by atoms with van der Waals surface area (Å²) in [6, 6.07) is 2.13. The molecular formula is C17H16ClF3N4O. The molecule has 0 saturated carbocycles. The van der Waals surface area contributed by atoms with Gasteiger partial charge in [-0.1, -0.05) is 31.4 Å². The van der Waals surface area contributed by atoms with Gasteiger partial charge in [-0.25, -0.2) is 4.98 Å². The summed E-state index contributed by atoms with van der Waals surface area (Å²) in [5, 5.41) is 10.3. The SMILES string of the molecule is CCCCCn1c(O)nc2ncc(Cl)c(-c3ccnc(C(F)(F)F)c3)c21. The van der Waals surface area contributed by atoms with Crippen molar-refractivity contribution in [1.82, 2.24) is 19.5 Å². The lowest BCUT2D eigenvalue weighted by molar-refractivity contribution is -0.141. The highest BCUT2D eigenvalue weighted by Gasteiger charge is 2.33. The highest BCUT2D eigenvalue weighted by molar-refractivity contribution is 6.34. The fraction of sp³-hybridized carbons (Fsp3) is 0.353. The van der Waals surface area contributed by atoms with E-state index in [4.69, 9.17) is 11.6 Å². The third-order valence-corrected chi connectivity index (χ3v) is 4.32. The molecule has 0 unspecified atom stereocenters. The smallest absolute Gasteiger partial charge is 0.433 e. The summed E-state index contributed by atoms with van der Waals surface area (Å²) in [6.07, 6.45) is 0.534. The van der Waals surface area contributed by atoms with Gasteiger partial charge in [-0.15, -0.1) is 0 Å². The van der Waals surface area contributed by atoms with Crippen molar-refractivity contribution in [3.8, 4) is 17.1 Å². The van der Waals surface area contributed by atoms with Crippen molar-refractivity contribution < 1.29 is 18.3 Å². The Balaban J connectivity index is 2.21. The summed E-state index contributed by atoms with van der Waals surface area (Å²) >= 11 is 6.26. The molecule has 1 N–H and O–H groups in total. The molecule has 0 aliphatic rings. The number of unbranched alkanes of at least 4 members (excludes halogenated alkanes) is 2. The number of imidazole rings is 1. The average Bonchev–Trinajstić information content (AvgIpc) is 2.90. The number of hydrogen-bond donors (Lipinski definition) is 1. The zero-order valence-electron chi connectivity index (χ0n) is 13.9. The molecule has 0 spiro atoms. The lowest BCUT2D eigenvalue weighted by Gasteiger charge is -2.12. The van der Waals surface area contributed by atoms with E-state index in [2.05, 4.69) is 15.0 Å². The summed E-state index contributed by atoms with van der Waals surface area (Å²) in [7, 11) is 0. The number of rotatable bonds is 5. The number of aromatic hydroxyl groups is 1. The predicted octanol–water partition coefficient (Wildman–Crippen LogP) is 5.06. The monoisotopic (exact) mass is 384 g/mol. The van der Waals surface area contributed by atoms with Crippen LogP contribution < -0.4 is 0 Å². The Morgan fingerprint density at radius 1 is 1.23 bits per heavy atom. The minimum Gasteiger partial charge on any atom is -0.480 e. The van der Waals surface area contributed by atoms with Crippen molar-refractivity contribution in [2.45, 2.75) is 38.9 Å². The van der Waals surface area contributed by atoms with Crippen LogP contribution in [-0.2, 0) is 12.7 Å². The van der Waals surface area contributed by atoms with Crippen LogP contribution in [0.1, 0.15) is 31.9 Å². The molecule has 138 valence electrons. The van der Waals surface area contributed by atoms with E-state index in [-0.39, 0.29) is 22.2 Å². The van der Waals surface area contributed by atoms with Crippen molar-refractivity contribution in [1.29, 1.82) is 0 Å². The molecule has 0 aliphatic carbocycles. The second-order valence-electron chi connectivity index (χ2n) is 5.85. The number of aryl methyl sites for hydroxylation is 1. The zero-order chi connectivity index (χ0) is 18.9. The van der Waals surface area contributed by atoms with Crippen LogP contribution in [0, 0.1) is 0 Å². The summed E-state index contributed by atoms with van der Waals surface area (Å²) in [6.45, 7) is 2.51. The van der Waals surface area contributed by atoms with E-state index < -0.39 is 11.9 Å². The Morgan fingerprint density at radius 3 is 2.69 bits per heavy atom. The van der Waals surface area contributed by atoms with Gasteiger partial charge in [-0.2, -0.15) is 18.2 Å². The second kappa shape index (κ2) is 7.11. The lowest BCUT2D eigenvalue weighted by Crippen LogP contribution is -2.07. The molecule has 0 radical (unpaired) electrons. The van der Waals surface area contributed by atoms with E-state index in [1.165, 1.54) is 16.8 Å². The summed E-state index contributed by atoms with van der Waals surface area (Å²) in [4.78, 5) is 11.5. The molecule has 3 heterocycles. The molecule has 0 bridgehead atoms. The molecule has 0 aliphatic heterocycles. The average molecular weight is 385 g/mol. The van der Waals surface area contributed by atoms with E-state index in [9.17, 15) is 18.3 Å². The van der Waals surface area contributed by atoms with Crippen LogP contribution in [-0.4, -0.2) is 24.6 Å². The van der Waals surface area contributed by atoms with Crippen molar-refractivity contribution >= 4 is 22.8 Å². The summed E-state index contributed by atoms with van der Waals surface area (Å²) in [5.74, 6) is 0. The van der Waals surface area contributed by atoms with Crippen LogP contribution in [0.15, 0.2) is 24.5 Å². The van der Waals surface area contributed by atoms with Crippen molar-refractivity contribution in [3.05, 3.63) is 35.2 Å². The normalized spacial score (nSPS) is 12.0. The molecule has 3 aromatic rings. The van der Waals surface area contributed by atoms with Crippen LogP contribution in [0.25, 0.3) is 22.3 Å². The van der Waals surface area contributed by atoms with Gasteiger partial charge in [0.05, 0.1) is 10.5 Å². The molecular weight excluding hydrogens is 369 g/mol. The molecule has 0 fully saturated rings. The number of nitrogens with zero attached hydrogens (tertiary/aromatic N) is 4. The molecule has 0 atom stereocenters. The molecule has 0 amide bonds. The first-order valence-corrected chi connectivity index (χ1v) is 8.48. The molecule has 3 aromatic heterocycles. The van der Waals surface area contributed by atoms with E-state index in [1.807, 2.05) is 6.92 Å². The molecule has 5 nitrogen and oxygen atoms in total. The van der Waals surface area contributed by atoms with Gasteiger partial charge in [0.1, 0.15) is 5.69 Å².